The minimum absolute atomic E-state index is 0.152. The lowest BCUT2D eigenvalue weighted by atomic mass is 9.70. The Balaban J connectivity index is 1.73. The van der Waals surface area contributed by atoms with E-state index in [0.717, 1.165) is 6.42 Å². The Bertz CT molecular complexity index is 1020. The smallest absolute Gasteiger partial charge is 0.250 e. The molecule has 0 bridgehead atoms. The molecule has 1 heterocycles. The van der Waals surface area contributed by atoms with Crippen molar-refractivity contribution in [2.75, 3.05) is 12.3 Å². The van der Waals surface area contributed by atoms with E-state index in [1.54, 1.807) is 18.2 Å². The highest BCUT2D eigenvalue weighted by Gasteiger charge is 2.33. The first-order valence-corrected chi connectivity index (χ1v) is 12.6. The minimum atomic E-state index is -3.23. The number of benzene rings is 1. The van der Waals surface area contributed by atoms with E-state index >= 15 is 0 Å². The normalized spacial score (nSPS) is 22.0. The van der Waals surface area contributed by atoms with E-state index in [4.69, 9.17) is 4.42 Å². The van der Waals surface area contributed by atoms with Crippen molar-refractivity contribution >= 4 is 10.0 Å². The number of rotatable bonds is 9. The topological polar surface area (TPSA) is 85.1 Å². The van der Waals surface area contributed by atoms with Crippen molar-refractivity contribution < 1.29 is 17.2 Å². The molecule has 0 saturated heterocycles. The van der Waals surface area contributed by atoms with Gasteiger partial charge >= 0.3 is 0 Å². The van der Waals surface area contributed by atoms with Crippen molar-refractivity contribution in [2.45, 2.75) is 47.0 Å². The van der Waals surface area contributed by atoms with E-state index in [0.29, 0.717) is 42.7 Å². The quantitative estimate of drug-likeness (QED) is 0.566. The zero-order chi connectivity index (χ0) is 22.6. The highest BCUT2D eigenvalue weighted by molar-refractivity contribution is 7.89. The van der Waals surface area contributed by atoms with E-state index < -0.39 is 10.0 Å². The van der Waals surface area contributed by atoms with Crippen LogP contribution in [0.15, 0.2) is 40.3 Å². The first-order chi connectivity index (χ1) is 14.7. The van der Waals surface area contributed by atoms with Crippen molar-refractivity contribution in [3.8, 4) is 11.5 Å². The Morgan fingerprint density at radius 1 is 1.26 bits per heavy atom. The predicted molar refractivity (Wildman–Crippen MR) is 119 cm³/mol. The number of nitrogens with one attached hydrogen (secondary N) is 1. The molecule has 2 aromatic rings. The van der Waals surface area contributed by atoms with Gasteiger partial charge in [-0.05, 0) is 55.6 Å². The molecule has 170 valence electrons. The summed E-state index contributed by atoms with van der Waals surface area (Å²) in [4.78, 5) is 0. The fourth-order valence-electron chi connectivity index (χ4n) is 4.36. The summed E-state index contributed by atoms with van der Waals surface area (Å²) in [5, 5.41) is 8.17. The average Bonchev–Trinajstić information content (AvgIpc) is 3.16. The van der Waals surface area contributed by atoms with Gasteiger partial charge in [0.25, 0.3) is 5.89 Å². The number of aromatic nitrogens is 2. The molecule has 6 nitrogen and oxygen atoms in total. The average molecular weight is 450 g/mol. The van der Waals surface area contributed by atoms with Gasteiger partial charge < -0.3 is 4.42 Å². The third-order valence-electron chi connectivity index (χ3n) is 6.09. The predicted octanol–water partition coefficient (Wildman–Crippen LogP) is 4.60. The molecule has 1 aliphatic rings. The second kappa shape index (κ2) is 10.0. The molecular formula is C23H32FN3O3S. The molecule has 1 aliphatic carbocycles. The van der Waals surface area contributed by atoms with Crippen molar-refractivity contribution in [3.63, 3.8) is 0 Å². The van der Waals surface area contributed by atoms with Crippen LogP contribution in [0, 0.1) is 29.5 Å². The number of allylic oxidation sites excluding steroid dienone is 1. The van der Waals surface area contributed by atoms with Crippen LogP contribution >= 0.6 is 0 Å². The highest BCUT2D eigenvalue weighted by Crippen LogP contribution is 2.39. The maximum absolute atomic E-state index is 14.0. The van der Waals surface area contributed by atoms with Crippen LogP contribution in [0.2, 0.25) is 0 Å². The lowest BCUT2D eigenvalue weighted by Crippen LogP contribution is -2.37. The molecule has 0 spiro atoms. The van der Waals surface area contributed by atoms with Crippen LogP contribution in [0.25, 0.3) is 11.5 Å². The lowest BCUT2D eigenvalue weighted by molar-refractivity contribution is 0.223. The number of hydrogen-bond acceptors (Lipinski definition) is 5. The fraction of sp³-hybridized carbons (Fsp3) is 0.565. The van der Waals surface area contributed by atoms with Crippen molar-refractivity contribution in [1.82, 2.24) is 14.9 Å². The summed E-state index contributed by atoms with van der Waals surface area (Å²) in [5.74, 6) is 1.56. The number of hydrogen-bond donors (Lipinski definition) is 1. The van der Waals surface area contributed by atoms with Gasteiger partial charge in [-0.25, -0.2) is 17.5 Å². The Morgan fingerprint density at radius 2 is 2.00 bits per heavy atom. The summed E-state index contributed by atoms with van der Waals surface area (Å²) in [6.07, 6.45) is 4.30. The van der Waals surface area contributed by atoms with Crippen LogP contribution in [-0.4, -0.2) is 30.9 Å². The molecular weight excluding hydrogens is 417 g/mol. The van der Waals surface area contributed by atoms with Gasteiger partial charge in [-0.3, -0.25) is 0 Å². The van der Waals surface area contributed by atoms with Gasteiger partial charge in [0.1, 0.15) is 5.82 Å². The third-order valence-corrected chi connectivity index (χ3v) is 7.64. The maximum Gasteiger partial charge on any atom is 0.250 e. The molecule has 1 aromatic carbocycles. The standard InChI is InChI=1S/C23H32FN3O3S/c1-5-10-31(28,29)25-14-18-11-16(4)17(12-20(18)15(2)3)13-22-26-27-23(30-22)19-8-6-7-9-21(19)24/h6-9,11,15,17-18,20,25H,5,10,12-14H2,1-4H3/t17-,18-,20-/m0/s1. The van der Waals surface area contributed by atoms with Crippen molar-refractivity contribution in [2.24, 2.45) is 23.7 Å². The van der Waals surface area contributed by atoms with Crippen molar-refractivity contribution in [1.29, 1.82) is 0 Å². The van der Waals surface area contributed by atoms with Gasteiger partial charge in [0.15, 0.2) is 0 Å². The number of sulfonamides is 1. The molecule has 0 aliphatic heterocycles. The van der Waals surface area contributed by atoms with E-state index in [1.165, 1.54) is 11.6 Å². The minimum Gasteiger partial charge on any atom is -0.421 e. The van der Waals surface area contributed by atoms with Gasteiger partial charge in [-0.2, -0.15) is 0 Å². The van der Waals surface area contributed by atoms with Gasteiger partial charge in [0.05, 0.1) is 11.3 Å². The molecule has 0 unspecified atom stereocenters. The number of nitrogens with zero attached hydrogens (tertiary/aromatic N) is 2. The third kappa shape index (κ3) is 6.01. The van der Waals surface area contributed by atoms with Crippen LogP contribution in [0.5, 0.6) is 0 Å². The van der Waals surface area contributed by atoms with Gasteiger partial charge in [0.2, 0.25) is 15.9 Å². The molecule has 3 atom stereocenters. The number of halogens is 1. The fourth-order valence-corrected chi connectivity index (χ4v) is 5.49. The lowest BCUT2D eigenvalue weighted by Gasteiger charge is -2.37. The van der Waals surface area contributed by atoms with E-state index in [2.05, 4.69) is 41.8 Å². The van der Waals surface area contributed by atoms with Crippen LogP contribution in [0.3, 0.4) is 0 Å². The summed E-state index contributed by atoms with van der Waals surface area (Å²) in [7, 11) is -3.23. The van der Waals surface area contributed by atoms with Crippen LogP contribution in [0.1, 0.15) is 46.4 Å². The van der Waals surface area contributed by atoms with Crippen molar-refractivity contribution in [3.05, 3.63) is 47.6 Å². The molecule has 0 amide bonds. The second-order valence-corrected chi connectivity index (χ2v) is 10.7. The van der Waals surface area contributed by atoms with Crippen LogP contribution < -0.4 is 4.72 Å². The first kappa shape index (κ1) is 23.6. The Kier molecular flexibility index (Phi) is 7.64. The van der Waals surface area contributed by atoms with Gasteiger partial charge in [0, 0.05) is 13.0 Å². The summed E-state index contributed by atoms with van der Waals surface area (Å²) in [6, 6.07) is 6.35. The second-order valence-electron chi connectivity index (χ2n) is 8.77. The SMILES string of the molecule is CCCS(=O)(=O)NC[C@@H]1C=C(C)[C@H](Cc2nnc(-c3ccccc3F)o2)C[C@H]1C(C)C. The molecule has 0 saturated carbocycles. The van der Waals surface area contributed by atoms with Crippen LogP contribution in [0.4, 0.5) is 4.39 Å². The molecule has 0 radical (unpaired) electrons. The zero-order valence-electron chi connectivity index (χ0n) is 18.6. The highest BCUT2D eigenvalue weighted by atomic mass is 32.2. The van der Waals surface area contributed by atoms with E-state index in [-0.39, 0.29) is 29.3 Å². The summed E-state index contributed by atoms with van der Waals surface area (Å²) < 4.78 is 46.7. The first-order valence-electron chi connectivity index (χ1n) is 10.9. The largest absolute Gasteiger partial charge is 0.421 e. The summed E-state index contributed by atoms with van der Waals surface area (Å²) in [6.45, 7) is 8.70. The van der Waals surface area contributed by atoms with Gasteiger partial charge in [-0.1, -0.05) is 44.6 Å². The zero-order valence-corrected chi connectivity index (χ0v) is 19.5. The molecule has 8 heteroatoms. The molecule has 1 N–H and O–H groups in total. The monoisotopic (exact) mass is 449 g/mol. The molecule has 1 aromatic heterocycles. The summed E-state index contributed by atoms with van der Waals surface area (Å²) >= 11 is 0. The van der Waals surface area contributed by atoms with E-state index in [9.17, 15) is 12.8 Å². The van der Waals surface area contributed by atoms with Crippen LogP contribution in [-0.2, 0) is 16.4 Å². The Hall–Kier alpha value is -2.06. The summed E-state index contributed by atoms with van der Waals surface area (Å²) in [5.41, 5.74) is 1.50. The maximum atomic E-state index is 14.0. The molecule has 31 heavy (non-hydrogen) atoms. The Morgan fingerprint density at radius 3 is 2.68 bits per heavy atom. The molecule has 0 fully saturated rings. The van der Waals surface area contributed by atoms with Gasteiger partial charge in [-0.15, -0.1) is 10.2 Å². The molecule has 3 rings (SSSR count). The van der Waals surface area contributed by atoms with E-state index in [1.807, 2.05) is 6.92 Å². The Labute approximate surface area is 184 Å².